The first kappa shape index (κ1) is 14.7. The third kappa shape index (κ3) is 2.71. The number of aryl methyl sites for hydroxylation is 1. The monoisotopic (exact) mass is 320 g/mol. The van der Waals surface area contributed by atoms with Gasteiger partial charge in [-0.1, -0.05) is 18.2 Å². The Bertz CT molecular complexity index is 842. The highest BCUT2D eigenvalue weighted by Gasteiger charge is 2.23. The minimum Gasteiger partial charge on any atom is -0.348 e. The fourth-order valence-corrected chi connectivity index (χ4v) is 3.04. The normalized spacial score (nSPS) is 14.5. The molecule has 0 saturated heterocycles. The Kier molecular flexibility index (Phi) is 3.65. The van der Waals surface area contributed by atoms with Gasteiger partial charge in [-0.05, 0) is 19.1 Å². The van der Waals surface area contributed by atoms with Crippen LogP contribution in [0, 0.1) is 0 Å². The maximum atomic E-state index is 4.71. The minimum absolute atomic E-state index is 0.114. The van der Waals surface area contributed by atoms with E-state index in [1.54, 1.807) is 4.68 Å². The molecule has 0 bridgehead atoms. The van der Waals surface area contributed by atoms with E-state index in [4.69, 9.17) is 4.98 Å². The smallest absolute Gasteiger partial charge is 0.223 e. The number of benzene rings is 1. The molecule has 4 rings (SSSR count). The molecule has 0 saturated carbocycles. The van der Waals surface area contributed by atoms with Crippen LogP contribution in [0.15, 0.2) is 48.9 Å². The van der Waals surface area contributed by atoms with E-state index < -0.39 is 0 Å². The maximum Gasteiger partial charge on any atom is 0.223 e. The summed E-state index contributed by atoms with van der Waals surface area (Å²) in [4.78, 5) is 11.5. The number of nitrogens with one attached hydrogen (secondary N) is 1. The first-order chi connectivity index (χ1) is 11.7. The van der Waals surface area contributed by atoms with Crippen LogP contribution in [0.1, 0.15) is 24.2 Å². The molecule has 6 heteroatoms. The Morgan fingerprint density at radius 2 is 2.00 bits per heavy atom. The standard InChI is InChI=1S/C18H20N6/c1-13(14-10-20-23(2)12-14)21-18-19-11-17-16(22-18)8-9-24(17)15-6-4-3-5-7-15/h3-7,10-13H,8-9H2,1-2H3,(H,19,21,22). The number of para-hydroxylation sites is 1. The maximum absolute atomic E-state index is 4.71. The Labute approximate surface area is 141 Å². The number of hydrogen-bond acceptors (Lipinski definition) is 5. The number of rotatable bonds is 4. The van der Waals surface area contributed by atoms with Gasteiger partial charge in [-0.3, -0.25) is 4.68 Å². The number of nitrogens with zero attached hydrogens (tertiary/aromatic N) is 5. The molecule has 1 unspecified atom stereocenters. The molecule has 24 heavy (non-hydrogen) atoms. The van der Waals surface area contributed by atoms with Gasteiger partial charge in [-0.15, -0.1) is 0 Å². The largest absolute Gasteiger partial charge is 0.348 e. The molecule has 2 aromatic heterocycles. The van der Waals surface area contributed by atoms with Gasteiger partial charge in [-0.25, -0.2) is 9.97 Å². The van der Waals surface area contributed by atoms with E-state index in [0.717, 1.165) is 29.9 Å². The summed E-state index contributed by atoms with van der Waals surface area (Å²) in [5, 5.41) is 7.57. The predicted molar refractivity (Wildman–Crippen MR) is 94.4 cm³/mol. The van der Waals surface area contributed by atoms with E-state index in [9.17, 15) is 0 Å². The number of fused-ring (bicyclic) bond motifs is 1. The second-order valence-corrected chi connectivity index (χ2v) is 6.08. The van der Waals surface area contributed by atoms with E-state index in [-0.39, 0.29) is 6.04 Å². The van der Waals surface area contributed by atoms with Crippen LogP contribution in [0.2, 0.25) is 0 Å². The van der Waals surface area contributed by atoms with Crippen molar-refractivity contribution in [3.05, 3.63) is 60.2 Å². The van der Waals surface area contributed by atoms with Crippen molar-refractivity contribution < 1.29 is 0 Å². The van der Waals surface area contributed by atoms with Crippen molar-refractivity contribution in [2.45, 2.75) is 19.4 Å². The highest BCUT2D eigenvalue weighted by molar-refractivity contribution is 5.68. The van der Waals surface area contributed by atoms with Crippen LogP contribution in [-0.4, -0.2) is 26.3 Å². The molecule has 0 radical (unpaired) electrons. The fourth-order valence-electron chi connectivity index (χ4n) is 3.04. The Hall–Kier alpha value is -2.89. The zero-order valence-corrected chi connectivity index (χ0v) is 13.8. The van der Waals surface area contributed by atoms with Gasteiger partial charge in [-0.2, -0.15) is 5.10 Å². The zero-order chi connectivity index (χ0) is 16.5. The molecule has 1 aliphatic heterocycles. The topological polar surface area (TPSA) is 58.9 Å². The number of anilines is 3. The molecule has 0 amide bonds. The molecule has 0 spiro atoms. The van der Waals surface area contributed by atoms with Crippen LogP contribution in [-0.2, 0) is 13.5 Å². The Morgan fingerprint density at radius 1 is 1.17 bits per heavy atom. The van der Waals surface area contributed by atoms with Crippen molar-refractivity contribution in [1.82, 2.24) is 19.7 Å². The molecule has 1 aromatic carbocycles. The predicted octanol–water partition coefficient (Wildman–Crippen LogP) is 3.08. The molecule has 0 fully saturated rings. The molecular weight excluding hydrogens is 300 g/mol. The molecule has 6 nitrogen and oxygen atoms in total. The van der Waals surface area contributed by atoms with Crippen LogP contribution in [0.3, 0.4) is 0 Å². The zero-order valence-electron chi connectivity index (χ0n) is 13.8. The quantitative estimate of drug-likeness (QED) is 0.800. The third-order valence-electron chi connectivity index (χ3n) is 4.35. The highest BCUT2D eigenvalue weighted by Crippen LogP contribution is 2.33. The van der Waals surface area contributed by atoms with Crippen molar-refractivity contribution >= 4 is 17.3 Å². The first-order valence-corrected chi connectivity index (χ1v) is 8.14. The fraction of sp³-hybridized carbons (Fsp3) is 0.278. The van der Waals surface area contributed by atoms with E-state index in [2.05, 4.69) is 51.5 Å². The lowest BCUT2D eigenvalue weighted by atomic mass is 10.2. The van der Waals surface area contributed by atoms with Crippen molar-refractivity contribution in [3.8, 4) is 0 Å². The van der Waals surface area contributed by atoms with Gasteiger partial charge >= 0.3 is 0 Å². The molecule has 122 valence electrons. The summed E-state index contributed by atoms with van der Waals surface area (Å²) >= 11 is 0. The summed E-state index contributed by atoms with van der Waals surface area (Å²) < 4.78 is 1.80. The average Bonchev–Trinajstić information content (AvgIpc) is 3.21. The number of hydrogen-bond donors (Lipinski definition) is 1. The van der Waals surface area contributed by atoms with E-state index >= 15 is 0 Å². The van der Waals surface area contributed by atoms with Gasteiger partial charge in [0.15, 0.2) is 0 Å². The Morgan fingerprint density at radius 3 is 2.75 bits per heavy atom. The molecule has 1 atom stereocenters. The van der Waals surface area contributed by atoms with Crippen LogP contribution in [0.25, 0.3) is 0 Å². The van der Waals surface area contributed by atoms with Gasteiger partial charge in [0.2, 0.25) is 5.95 Å². The van der Waals surface area contributed by atoms with Crippen LogP contribution < -0.4 is 10.2 Å². The summed E-state index contributed by atoms with van der Waals surface area (Å²) in [5.41, 5.74) is 4.49. The minimum atomic E-state index is 0.114. The van der Waals surface area contributed by atoms with E-state index in [1.807, 2.05) is 31.7 Å². The molecule has 3 heterocycles. The molecule has 1 N–H and O–H groups in total. The first-order valence-electron chi connectivity index (χ1n) is 8.14. The molecule has 3 aromatic rings. The lowest BCUT2D eigenvalue weighted by molar-refractivity contribution is 0.764. The van der Waals surface area contributed by atoms with Gasteiger partial charge in [0.1, 0.15) is 0 Å². The van der Waals surface area contributed by atoms with Gasteiger partial charge in [0, 0.05) is 37.5 Å². The highest BCUT2D eigenvalue weighted by atomic mass is 15.2. The summed E-state index contributed by atoms with van der Waals surface area (Å²) in [5.74, 6) is 0.667. The average molecular weight is 320 g/mol. The summed E-state index contributed by atoms with van der Waals surface area (Å²) in [6, 6.07) is 10.5. The summed E-state index contributed by atoms with van der Waals surface area (Å²) in [7, 11) is 1.92. The Balaban J connectivity index is 1.54. The second kappa shape index (κ2) is 5.96. The SMILES string of the molecule is CC(Nc1ncc2c(n1)CCN2c1ccccc1)c1cnn(C)c1. The molecule has 0 aliphatic carbocycles. The van der Waals surface area contributed by atoms with Crippen molar-refractivity contribution in [2.24, 2.45) is 7.05 Å². The van der Waals surface area contributed by atoms with Crippen LogP contribution in [0.5, 0.6) is 0 Å². The van der Waals surface area contributed by atoms with Crippen LogP contribution in [0.4, 0.5) is 17.3 Å². The van der Waals surface area contributed by atoms with E-state index in [0.29, 0.717) is 5.95 Å². The summed E-state index contributed by atoms with van der Waals surface area (Å²) in [6.07, 6.45) is 6.72. The molecule has 1 aliphatic rings. The van der Waals surface area contributed by atoms with Gasteiger partial charge < -0.3 is 10.2 Å². The molecular formula is C18H20N6. The second-order valence-electron chi connectivity index (χ2n) is 6.08. The van der Waals surface area contributed by atoms with E-state index in [1.165, 1.54) is 5.69 Å². The van der Waals surface area contributed by atoms with Crippen molar-refractivity contribution in [3.63, 3.8) is 0 Å². The van der Waals surface area contributed by atoms with Gasteiger partial charge in [0.05, 0.1) is 29.8 Å². The van der Waals surface area contributed by atoms with Gasteiger partial charge in [0.25, 0.3) is 0 Å². The van der Waals surface area contributed by atoms with Crippen molar-refractivity contribution in [2.75, 3.05) is 16.8 Å². The summed E-state index contributed by atoms with van der Waals surface area (Å²) in [6.45, 7) is 3.03. The lowest BCUT2D eigenvalue weighted by Crippen LogP contribution is -2.13. The van der Waals surface area contributed by atoms with Crippen LogP contribution >= 0.6 is 0 Å². The number of aromatic nitrogens is 4. The third-order valence-corrected chi connectivity index (χ3v) is 4.35. The lowest BCUT2D eigenvalue weighted by Gasteiger charge is -2.19. The van der Waals surface area contributed by atoms with Crippen molar-refractivity contribution in [1.29, 1.82) is 0 Å².